The minimum atomic E-state index is -3.81. The average Bonchev–Trinajstić information content (AvgIpc) is 2.62. The van der Waals surface area contributed by atoms with E-state index in [1.54, 1.807) is 6.07 Å². The highest BCUT2D eigenvalue weighted by Gasteiger charge is 2.26. The Kier molecular flexibility index (Phi) is 5.50. The van der Waals surface area contributed by atoms with E-state index in [1.807, 2.05) is 19.1 Å². The lowest BCUT2D eigenvalue weighted by atomic mass is 9.98. The van der Waals surface area contributed by atoms with Crippen LogP contribution in [0, 0.1) is 6.92 Å². The van der Waals surface area contributed by atoms with Gasteiger partial charge in [-0.15, -0.1) is 11.3 Å². The van der Waals surface area contributed by atoms with Crippen LogP contribution in [0.3, 0.4) is 0 Å². The van der Waals surface area contributed by atoms with Crippen LogP contribution in [0.2, 0.25) is 8.67 Å². The highest BCUT2D eigenvalue weighted by atomic mass is 79.9. The van der Waals surface area contributed by atoms with Gasteiger partial charge in [-0.25, -0.2) is 8.42 Å². The van der Waals surface area contributed by atoms with E-state index in [1.165, 1.54) is 5.56 Å². The van der Waals surface area contributed by atoms with Crippen molar-refractivity contribution in [2.45, 2.75) is 31.6 Å². The summed E-state index contributed by atoms with van der Waals surface area (Å²) in [5, 5.41) is 0. The summed E-state index contributed by atoms with van der Waals surface area (Å²) in [7, 11) is -3.81. The average molecular weight is 443 g/mol. The van der Waals surface area contributed by atoms with Crippen molar-refractivity contribution in [3.63, 3.8) is 0 Å². The van der Waals surface area contributed by atoms with Crippen LogP contribution < -0.4 is 4.72 Å². The van der Waals surface area contributed by atoms with E-state index in [0.717, 1.165) is 16.9 Å². The molecule has 0 aliphatic rings. The molecular formula is C14H14BrCl2NO2S2. The molecule has 0 radical (unpaired) electrons. The van der Waals surface area contributed by atoms with Crippen LogP contribution in [-0.2, 0) is 10.0 Å². The third kappa shape index (κ3) is 3.62. The molecule has 8 heteroatoms. The van der Waals surface area contributed by atoms with E-state index in [4.69, 9.17) is 23.2 Å². The molecule has 3 nitrogen and oxygen atoms in total. The second-order valence-corrected chi connectivity index (χ2v) is 9.76. The molecule has 1 aromatic carbocycles. The zero-order chi connectivity index (χ0) is 16.7. The van der Waals surface area contributed by atoms with Crippen LogP contribution in [-0.4, -0.2) is 8.42 Å². The van der Waals surface area contributed by atoms with Gasteiger partial charge in [0.2, 0.25) is 0 Å². The van der Waals surface area contributed by atoms with Gasteiger partial charge in [-0.3, -0.25) is 4.72 Å². The van der Waals surface area contributed by atoms with Crippen LogP contribution in [0.1, 0.15) is 30.9 Å². The molecule has 22 heavy (non-hydrogen) atoms. The van der Waals surface area contributed by atoms with E-state index >= 15 is 0 Å². The van der Waals surface area contributed by atoms with E-state index in [2.05, 4.69) is 34.5 Å². The summed E-state index contributed by atoms with van der Waals surface area (Å²) in [6.07, 6.45) is 0. The minimum absolute atomic E-state index is 0.0326. The van der Waals surface area contributed by atoms with Crippen molar-refractivity contribution in [1.29, 1.82) is 0 Å². The number of rotatable bonds is 4. The molecule has 0 atom stereocenters. The molecule has 0 aliphatic heterocycles. The van der Waals surface area contributed by atoms with Crippen molar-refractivity contribution in [2.75, 3.05) is 4.72 Å². The van der Waals surface area contributed by atoms with Gasteiger partial charge in [0.15, 0.2) is 0 Å². The normalized spacial score (nSPS) is 12.0. The Morgan fingerprint density at radius 1 is 1.23 bits per heavy atom. The SMILES string of the molecule is Cc1cc(NS(=O)(=O)c2c(Cl)sc(Cl)c2Br)ccc1C(C)C. The molecule has 0 aliphatic carbocycles. The van der Waals surface area contributed by atoms with Gasteiger partial charge in [-0.05, 0) is 52.0 Å². The van der Waals surface area contributed by atoms with Gasteiger partial charge in [0.05, 0.1) is 4.47 Å². The summed E-state index contributed by atoms with van der Waals surface area (Å²) in [4.78, 5) is -0.0326. The Morgan fingerprint density at radius 2 is 1.86 bits per heavy atom. The van der Waals surface area contributed by atoms with Gasteiger partial charge in [-0.2, -0.15) is 0 Å². The molecule has 1 N–H and O–H groups in total. The Labute approximate surface area is 152 Å². The standard InChI is InChI=1S/C14H14BrCl2NO2S2/c1-7(2)10-5-4-9(6-8(10)3)18-22(19,20)12-11(15)13(16)21-14(12)17/h4-7,18H,1-3H3. The Balaban J connectivity index is 2.39. The second kappa shape index (κ2) is 6.69. The number of hydrogen-bond acceptors (Lipinski definition) is 3. The Bertz CT molecular complexity index is 816. The van der Waals surface area contributed by atoms with Gasteiger partial charge < -0.3 is 0 Å². The van der Waals surface area contributed by atoms with E-state index in [-0.39, 0.29) is 13.7 Å². The molecule has 0 fully saturated rings. The van der Waals surface area contributed by atoms with Crippen LogP contribution in [0.4, 0.5) is 5.69 Å². The lowest BCUT2D eigenvalue weighted by Crippen LogP contribution is -2.13. The molecule has 0 amide bonds. The van der Waals surface area contributed by atoms with Crippen molar-refractivity contribution in [3.8, 4) is 0 Å². The summed E-state index contributed by atoms with van der Waals surface area (Å²) in [6.45, 7) is 6.14. The summed E-state index contributed by atoms with van der Waals surface area (Å²) >= 11 is 16.1. The summed E-state index contributed by atoms with van der Waals surface area (Å²) in [5.41, 5.74) is 2.71. The zero-order valence-corrected chi connectivity index (χ0v) is 16.8. The van der Waals surface area contributed by atoms with Crippen LogP contribution in [0.15, 0.2) is 27.6 Å². The third-order valence-corrected chi connectivity index (χ3v) is 7.99. The van der Waals surface area contributed by atoms with Gasteiger partial charge in [0.25, 0.3) is 10.0 Å². The predicted octanol–water partition coefficient (Wildman–Crippen LogP) is 6.05. The summed E-state index contributed by atoms with van der Waals surface area (Å²) in [6, 6.07) is 5.48. The Morgan fingerprint density at radius 3 is 2.32 bits per heavy atom. The molecule has 0 saturated heterocycles. The largest absolute Gasteiger partial charge is 0.280 e. The number of hydrogen-bond donors (Lipinski definition) is 1. The van der Waals surface area contributed by atoms with Crippen molar-refractivity contribution < 1.29 is 8.42 Å². The number of sulfonamides is 1. The topological polar surface area (TPSA) is 46.2 Å². The van der Waals surface area contributed by atoms with E-state index in [9.17, 15) is 8.42 Å². The zero-order valence-electron chi connectivity index (χ0n) is 12.1. The van der Waals surface area contributed by atoms with Gasteiger partial charge in [0.1, 0.15) is 13.6 Å². The highest BCUT2D eigenvalue weighted by molar-refractivity contribution is 9.10. The molecule has 2 aromatic rings. The minimum Gasteiger partial charge on any atom is -0.280 e. The van der Waals surface area contributed by atoms with Crippen molar-refractivity contribution >= 4 is 66.2 Å². The number of thiophene rings is 1. The van der Waals surface area contributed by atoms with E-state index in [0.29, 0.717) is 15.9 Å². The Hall–Kier alpha value is -0.270. The van der Waals surface area contributed by atoms with Gasteiger partial charge in [-0.1, -0.05) is 43.1 Å². The van der Waals surface area contributed by atoms with Crippen molar-refractivity contribution in [1.82, 2.24) is 0 Å². The maximum atomic E-state index is 12.5. The predicted molar refractivity (Wildman–Crippen MR) is 98.1 cm³/mol. The fourth-order valence-electron chi connectivity index (χ4n) is 2.16. The number of halogens is 3. The van der Waals surface area contributed by atoms with E-state index < -0.39 is 10.0 Å². The summed E-state index contributed by atoms with van der Waals surface area (Å²) < 4.78 is 28.3. The maximum absolute atomic E-state index is 12.5. The molecule has 0 unspecified atom stereocenters. The highest BCUT2D eigenvalue weighted by Crippen LogP contribution is 2.43. The fraction of sp³-hybridized carbons (Fsp3) is 0.286. The van der Waals surface area contributed by atoms with Gasteiger partial charge >= 0.3 is 0 Å². The lowest BCUT2D eigenvalue weighted by Gasteiger charge is -2.13. The number of nitrogens with one attached hydrogen (secondary N) is 1. The second-order valence-electron chi connectivity index (χ2n) is 5.12. The lowest BCUT2D eigenvalue weighted by molar-refractivity contribution is 0.601. The molecule has 2 rings (SSSR count). The fourth-order valence-corrected chi connectivity index (χ4v) is 6.77. The first-order valence-electron chi connectivity index (χ1n) is 6.40. The maximum Gasteiger partial charge on any atom is 0.265 e. The molecule has 120 valence electrons. The molecule has 0 spiro atoms. The quantitative estimate of drug-likeness (QED) is 0.626. The number of aryl methyl sites for hydroxylation is 1. The smallest absolute Gasteiger partial charge is 0.265 e. The van der Waals surface area contributed by atoms with Crippen molar-refractivity contribution in [3.05, 3.63) is 42.5 Å². The van der Waals surface area contributed by atoms with Gasteiger partial charge in [0, 0.05) is 5.69 Å². The number of anilines is 1. The monoisotopic (exact) mass is 441 g/mol. The first-order valence-corrected chi connectivity index (χ1v) is 10.2. The van der Waals surface area contributed by atoms with Crippen molar-refractivity contribution in [2.24, 2.45) is 0 Å². The van der Waals surface area contributed by atoms with Crippen LogP contribution in [0.5, 0.6) is 0 Å². The molecule has 0 bridgehead atoms. The molecule has 1 heterocycles. The summed E-state index contributed by atoms with van der Waals surface area (Å²) in [5.74, 6) is 0.380. The first-order chi connectivity index (χ1) is 10.1. The van der Waals surface area contributed by atoms with Crippen LogP contribution >= 0.6 is 50.5 Å². The third-order valence-electron chi connectivity index (χ3n) is 3.14. The first kappa shape index (κ1) is 18.1. The van der Waals surface area contributed by atoms with Crippen LogP contribution in [0.25, 0.3) is 0 Å². The molecule has 1 aromatic heterocycles. The molecular weight excluding hydrogens is 429 g/mol. The molecule has 0 saturated carbocycles. The number of benzene rings is 1.